The van der Waals surface area contributed by atoms with E-state index in [1.807, 2.05) is 19.1 Å². The Balaban J connectivity index is 2.04. The molecule has 1 fully saturated rings. The Bertz CT molecular complexity index is 392. The highest BCUT2D eigenvalue weighted by molar-refractivity contribution is 6.03. The summed E-state index contributed by atoms with van der Waals surface area (Å²) >= 11 is 0. The first-order valence-electron chi connectivity index (χ1n) is 4.89. The Hall–Kier alpha value is -1.68. The predicted molar refractivity (Wildman–Crippen MR) is 58.4 cm³/mol. The van der Waals surface area contributed by atoms with Crippen LogP contribution in [0.4, 0.5) is 5.82 Å². The van der Waals surface area contributed by atoms with Crippen molar-refractivity contribution in [2.45, 2.75) is 6.92 Å². The number of rotatable bonds is 2. The zero-order valence-corrected chi connectivity index (χ0v) is 8.58. The summed E-state index contributed by atoms with van der Waals surface area (Å²) < 4.78 is 0. The van der Waals surface area contributed by atoms with E-state index in [1.165, 1.54) is 5.57 Å². The van der Waals surface area contributed by atoms with Gasteiger partial charge in [0.25, 0.3) is 5.91 Å². The van der Waals surface area contributed by atoms with Crippen molar-refractivity contribution in [3.63, 3.8) is 0 Å². The van der Waals surface area contributed by atoms with Gasteiger partial charge in [0.2, 0.25) is 0 Å². The second-order valence-electron chi connectivity index (χ2n) is 3.50. The SMILES string of the molecule is CC(C(=O)Nc1ccccn1)=C1CNC1. The van der Waals surface area contributed by atoms with E-state index in [2.05, 4.69) is 15.6 Å². The molecule has 0 bridgehead atoms. The number of amides is 1. The molecule has 0 spiro atoms. The molecular weight excluding hydrogens is 190 g/mol. The fourth-order valence-corrected chi connectivity index (χ4v) is 1.32. The van der Waals surface area contributed by atoms with Gasteiger partial charge in [-0.1, -0.05) is 6.07 Å². The van der Waals surface area contributed by atoms with Gasteiger partial charge in [-0.15, -0.1) is 0 Å². The summed E-state index contributed by atoms with van der Waals surface area (Å²) in [5.74, 6) is 0.528. The van der Waals surface area contributed by atoms with E-state index in [4.69, 9.17) is 0 Å². The maximum atomic E-state index is 11.7. The maximum Gasteiger partial charge on any atom is 0.252 e. The molecule has 4 heteroatoms. The average molecular weight is 203 g/mol. The number of hydrogen-bond donors (Lipinski definition) is 2. The summed E-state index contributed by atoms with van der Waals surface area (Å²) in [6, 6.07) is 5.43. The second kappa shape index (κ2) is 4.23. The lowest BCUT2D eigenvalue weighted by Crippen LogP contribution is -2.36. The lowest BCUT2D eigenvalue weighted by atomic mass is 10.0. The minimum Gasteiger partial charge on any atom is -0.309 e. The maximum absolute atomic E-state index is 11.7. The van der Waals surface area contributed by atoms with Gasteiger partial charge in [0.1, 0.15) is 5.82 Å². The molecule has 1 aliphatic heterocycles. The lowest BCUT2D eigenvalue weighted by molar-refractivity contribution is -0.112. The molecule has 2 N–H and O–H groups in total. The standard InChI is InChI=1S/C11H13N3O/c1-8(9-6-12-7-9)11(15)14-10-4-2-3-5-13-10/h2-5,12H,6-7H2,1H3,(H,13,14,15). The van der Waals surface area contributed by atoms with Gasteiger partial charge in [-0.25, -0.2) is 4.98 Å². The molecule has 0 unspecified atom stereocenters. The first-order valence-corrected chi connectivity index (χ1v) is 4.89. The van der Waals surface area contributed by atoms with Crippen LogP contribution in [-0.2, 0) is 4.79 Å². The molecule has 1 amide bonds. The van der Waals surface area contributed by atoms with E-state index < -0.39 is 0 Å². The molecule has 0 saturated carbocycles. The fourth-order valence-electron chi connectivity index (χ4n) is 1.32. The number of nitrogens with zero attached hydrogens (tertiary/aromatic N) is 1. The third-order valence-electron chi connectivity index (χ3n) is 2.45. The van der Waals surface area contributed by atoms with Gasteiger partial charge >= 0.3 is 0 Å². The number of carbonyl (C=O) groups excluding carboxylic acids is 1. The highest BCUT2D eigenvalue weighted by Crippen LogP contribution is 2.11. The Labute approximate surface area is 88.4 Å². The van der Waals surface area contributed by atoms with Gasteiger partial charge < -0.3 is 10.6 Å². The molecule has 1 saturated heterocycles. The van der Waals surface area contributed by atoms with Crippen molar-refractivity contribution in [2.75, 3.05) is 18.4 Å². The molecule has 1 aromatic rings. The lowest BCUT2D eigenvalue weighted by Gasteiger charge is -2.21. The van der Waals surface area contributed by atoms with Gasteiger partial charge in [0.15, 0.2) is 0 Å². The van der Waals surface area contributed by atoms with Crippen molar-refractivity contribution < 1.29 is 4.79 Å². The summed E-state index contributed by atoms with van der Waals surface area (Å²) in [4.78, 5) is 15.7. The molecule has 15 heavy (non-hydrogen) atoms. The highest BCUT2D eigenvalue weighted by atomic mass is 16.1. The molecular formula is C11H13N3O. The topological polar surface area (TPSA) is 54.0 Å². The Morgan fingerprint density at radius 3 is 2.80 bits per heavy atom. The molecule has 0 aromatic carbocycles. The first-order chi connectivity index (χ1) is 7.27. The van der Waals surface area contributed by atoms with Gasteiger partial charge in [-0.2, -0.15) is 0 Å². The number of carbonyl (C=O) groups is 1. The molecule has 2 heterocycles. The summed E-state index contributed by atoms with van der Waals surface area (Å²) in [5, 5.41) is 5.86. The molecule has 1 aliphatic rings. The van der Waals surface area contributed by atoms with E-state index in [0.29, 0.717) is 5.82 Å². The first kappa shape index (κ1) is 9.86. The Morgan fingerprint density at radius 1 is 1.47 bits per heavy atom. The van der Waals surface area contributed by atoms with Gasteiger partial charge in [0.05, 0.1) is 0 Å². The number of nitrogens with one attached hydrogen (secondary N) is 2. The third kappa shape index (κ3) is 2.22. The monoisotopic (exact) mass is 203 g/mol. The van der Waals surface area contributed by atoms with Crippen LogP contribution >= 0.6 is 0 Å². The number of pyridine rings is 1. The summed E-state index contributed by atoms with van der Waals surface area (Å²) in [5.41, 5.74) is 1.96. The minimum absolute atomic E-state index is 0.0646. The number of anilines is 1. The van der Waals surface area contributed by atoms with E-state index in [9.17, 15) is 4.79 Å². The van der Waals surface area contributed by atoms with Crippen LogP contribution in [0.1, 0.15) is 6.92 Å². The van der Waals surface area contributed by atoms with Crippen molar-refractivity contribution in [1.82, 2.24) is 10.3 Å². The fraction of sp³-hybridized carbons (Fsp3) is 0.273. The quantitative estimate of drug-likeness (QED) is 0.703. The van der Waals surface area contributed by atoms with Crippen LogP contribution in [0.3, 0.4) is 0 Å². The van der Waals surface area contributed by atoms with Crippen LogP contribution < -0.4 is 10.6 Å². The number of hydrogen-bond acceptors (Lipinski definition) is 3. The second-order valence-corrected chi connectivity index (χ2v) is 3.50. The molecule has 2 rings (SSSR count). The average Bonchev–Trinajstić information content (AvgIpc) is 2.16. The third-order valence-corrected chi connectivity index (χ3v) is 2.45. The van der Waals surface area contributed by atoms with Crippen molar-refractivity contribution in [3.8, 4) is 0 Å². The summed E-state index contributed by atoms with van der Waals surface area (Å²) in [6.45, 7) is 3.48. The van der Waals surface area contributed by atoms with E-state index in [1.54, 1.807) is 12.3 Å². The van der Waals surface area contributed by atoms with Gasteiger partial charge in [-0.05, 0) is 24.6 Å². The largest absolute Gasteiger partial charge is 0.309 e. The van der Waals surface area contributed by atoms with E-state index >= 15 is 0 Å². The zero-order chi connectivity index (χ0) is 10.7. The molecule has 1 aromatic heterocycles. The van der Waals surface area contributed by atoms with Crippen molar-refractivity contribution in [1.29, 1.82) is 0 Å². The van der Waals surface area contributed by atoms with Crippen LogP contribution in [0, 0.1) is 0 Å². The molecule has 78 valence electrons. The van der Waals surface area contributed by atoms with Crippen LogP contribution in [0.15, 0.2) is 35.5 Å². The number of aromatic nitrogens is 1. The molecule has 0 radical (unpaired) electrons. The van der Waals surface area contributed by atoms with Gasteiger partial charge in [-0.3, -0.25) is 4.79 Å². The predicted octanol–water partition coefficient (Wildman–Crippen LogP) is 0.940. The summed E-state index contributed by atoms with van der Waals surface area (Å²) in [6.07, 6.45) is 1.66. The van der Waals surface area contributed by atoms with E-state index in [0.717, 1.165) is 18.7 Å². The normalized spacial score (nSPS) is 14.3. The highest BCUT2D eigenvalue weighted by Gasteiger charge is 2.15. The van der Waals surface area contributed by atoms with Crippen molar-refractivity contribution in [3.05, 3.63) is 35.5 Å². The molecule has 4 nitrogen and oxygen atoms in total. The van der Waals surface area contributed by atoms with Crippen LogP contribution in [0.2, 0.25) is 0 Å². The van der Waals surface area contributed by atoms with Crippen LogP contribution in [-0.4, -0.2) is 24.0 Å². The van der Waals surface area contributed by atoms with Crippen molar-refractivity contribution >= 4 is 11.7 Å². The van der Waals surface area contributed by atoms with Gasteiger partial charge in [0, 0.05) is 24.9 Å². The Morgan fingerprint density at radius 2 is 2.27 bits per heavy atom. The van der Waals surface area contributed by atoms with E-state index in [-0.39, 0.29) is 5.91 Å². The smallest absolute Gasteiger partial charge is 0.252 e. The van der Waals surface area contributed by atoms with Crippen LogP contribution in [0.25, 0.3) is 0 Å². The molecule has 0 atom stereocenters. The van der Waals surface area contributed by atoms with Crippen LogP contribution in [0.5, 0.6) is 0 Å². The van der Waals surface area contributed by atoms with Crippen molar-refractivity contribution in [2.24, 2.45) is 0 Å². The molecule has 0 aliphatic carbocycles. The summed E-state index contributed by atoms with van der Waals surface area (Å²) in [7, 11) is 0. The minimum atomic E-state index is -0.0646. The Kier molecular flexibility index (Phi) is 2.78. The zero-order valence-electron chi connectivity index (χ0n) is 8.58.